The van der Waals surface area contributed by atoms with Crippen LogP contribution >= 0.6 is 0 Å². The van der Waals surface area contributed by atoms with Gasteiger partial charge in [0.15, 0.2) is 8.32 Å². The van der Waals surface area contributed by atoms with Gasteiger partial charge in [-0.05, 0) is 31.0 Å². The number of ether oxygens (including phenoxy) is 1. The second-order valence-electron chi connectivity index (χ2n) is 6.08. The second kappa shape index (κ2) is 4.88. The van der Waals surface area contributed by atoms with Crippen LogP contribution in [0.2, 0.25) is 18.1 Å². The molecule has 1 atom stereocenters. The Hall–Kier alpha value is -0.353. The van der Waals surface area contributed by atoms with Crippen molar-refractivity contribution < 1.29 is 14.0 Å². The molecule has 0 unspecified atom stereocenters. The maximum absolute atomic E-state index is 11.1. The summed E-state index contributed by atoms with van der Waals surface area (Å²) < 4.78 is 11.3. The van der Waals surface area contributed by atoms with Crippen molar-refractivity contribution in [3.05, 3.63) is 0 Å². The van der Waals surface area contributed by atoms with E-state index in [9.17, 15) is 4.79 Å². The number of hydrogen-bond acceptors (Lipinski definition) is 3. The van der Waals surface area contributed by atoms with Crippen LogP contribution in [-0.2, 0) is 14.0 Å². The first-order valence-electron chi connectivity index (χ1n) is 6.06. The number of cyclic esters (lactones) is 1. The molecule has 0 N–H and O–H groups in total. The molecule has 1 rings (SSSR count). The highest BCUT2D eigenvalue weighted by Crippen LogP contribution is 2.36. The molecule has 0 aromatic heterocycles. The van der Waals surface area contributed by atoms with E-state index in [-0.39, 0.29) is 17.1 Å². The van der Waals surface area contributed by atoms with Crippen molar-refractivity contribution in [1.82, 2.24) is 0 Å². The lowest BCUT2D eigenvalue weighted by Gasteiger charge is -2.37. The van der Waals surface area contributed by atoms with Gasteiger partial charge in [0, 0.05) is 6.42 Å². The van der Waals surface area contributed by atoms with Crippen molar-refractivity contribution in [1.29, 1.82) is 0 Å². The minimum Gasteiger partial charge on any atom is -0.460 e. The molecule has 0 spiro atoms. The highest BCUT2D eigenvalue weighted by molar-refractivity contribution is 6.74. The molecule has 1 aliphatic heterocycles. The number of esters is 1. The summed E-state index contributed by atoms with van der Waals surface area (Å²) in [6.07, 6.45) is 2.43. The van der Waals surface area contributed by atoms with E-state index in [0.717, 1.165) is 12.8 Å². The van der Waals surface area contributed by atoms with Gasteiger partial charge < -0.3 is 9.16 Å². The topological polar surface area (TPSA) is 35.5 Å². The highest BCUT2D eigenvalue weighted by atomic mass is 28.4. The fourth-order valence-corrected chi connectivity index (χ4v) is 2.45. The van der Waals surface area contributed by atoms with Gasteiger partial charge in [0.05, 0.1) is 6.61 Å². The number of hydrogen-bond donors (Lipinski definition) is 0. The van der Waals surface area contributed by atoms with Gasteiger partial charge >= 0.3 is 5.97 Å². The third kappa shape index (κ3) is 3.59. The van der Waals surface area contributed by atoms with E-state index in [1.807, 2.05) is 0 Å². The van der Waals surface area contributed by atoms with Gasteiger partial charge in [-0.15, -0.1) is 0 Å². The molecule has 0 radical (unpaired) electrons. The third-order valence-electron chi connectivity index (χ3n) is 3.64. The zero-order valence-electron chi connectivity index (χ0n) is 11.1. The van der Waals surface area contributed by atoms with Crippen LogP contribution in [0.25, 0.3) is 0 Å². The predicted molar refractivity (Wildman–Crippen MR) is 66.9 cm³/mol. The van der Waals surface area contributed by atoms with Gasteiger partial charge in [-0.2, -0.15) is 0 Å². The van der Waals surface area contributed by atoms with Crippen molar-refractivity contribution in [3.63, 3.8) is 0 Å². The van der Waals surface area contributed by atoms with E-state index < -0.39 is 8.32 Å². The molecule has 0 aliphatic carbocycles. The van der Waals surface area contributed by atoms with Crippen LogP contribution in [0, 0.1) is 0 Å². The maximum Gasteiger partial charge on any atom is 0.306 e. The fourth-order valence-electron chi connectivity index (χ4n) is 1.41. The Morgan fingerprint density at radius 2 is 2.06 bits per heavy atom. The first-order chi connectivity index (χ1) is 7.22. The summed E-state index contributed by atoms with van der Waals surface area (Å²) in [6.45, 7) is 11.7. The lowest BCUT2D eigenvalue weighted by molar-refractivity contribution is -0.155. The molecule has 4 heteroatoms. The van der Waals surface area contributed by atoms with E-state index in [1.54, 1.807) is 0 Å². The number of carbonyl (C=O) groups excluding carboxylic acids is 1. The summed E-state index contributed by atoms with van der Waals surface area (Å²) in [7, 11) is -1.70. The third-order valence-corrected chi connectivity index (χ3v) is 8.14. The van der Waals surface area contributed by atoms with Crippen LogP contribution in [0.15, 0.2) is 0 Å². The summed E-state index contributed by atoms with van der Waals surface area (Å²) in [5.41, 5.74) is 0. The minimum absolute atomic E-state index is 0.0182. The zero-order valence-corrected chi connectivity index (χ0v) is 12.1. The monoisotopic (exact) mass is 244 g/mol. The van der Waals surface area contributed by atoms with E-state index in [2.05, 4.69) is 33.9 Å². The van der Waals surface area contributed by atoms with E-state index >= 15 is 0 Å². The van der Waals surface area contributed by atoms with E-state index in [4.69, 9.17) is 9.16 Å². The lowest BCUT2D eigenvalue weighted by atomic mass is 10.1. The summed E-state index contributed by atoms with van der Waals surface area (Å²) in [6, 6.07) is 0. The largest absolute Gasteiger partial charge is 0.460 e. The van der Waals surface area contributed by atoms with Crippen LogP contribution in [0.5, 0.6) is 0 Å². The van der Waals surface area contributed by atoms with Crippen LogP contribution in [0.3, 0.4) is 0 Å². The molecular formula is C12H24O3Si. The molecule has 0 aromatic carbocycles. The van der Waals surface area contributed by atoms with Gasteiger partial charge in [0.1, 0.15) is 6.10 Å². The molecule has 0 saturated carbocycles. The van der Waals surface area contributed by atoms with Crippen LogP contribution in [0.1, 0.15) is 40.0 Å². The molecule has 1 saturated heterocycles. The van der Waals surface area contributed by atoms with Crippen molar-refractivity contribution in [3.8, 4) is 0 Å². The Morgan fingerprint density at radius 3 is 2.56 bits per heavy atom. The Bertz CT molecular complexity index is 255. The Balaban J connectivity index is 2.42. The highest BCUT2D eigenvalue weighted by Gasteiger charge is 2.38. The molecule has 1 aliphatic rings. The average Bonchev–Trinajstić information content (AvgIpc) is 2.13. The van der Waals surface area contributed by atoms with Gasteiger partial charge in [0.25, 0.3) is 0 Å². The predicted octanol–water partition coefficient (Wildman–Crippen LogP) is 3.10. The molecule has 16 heavy (non-hydrogen) atoms. The first-order valence-corrected chi connectivity index (χ1v) is 8.97. The SMILES string of the molecule is CC(C)(C)[Si](C)(C)OC[C@H]1CCCC(=O)O1. The van der Waals surface area contributed by atoms with E-state index in [1.165, 1.54) is 0 Å². The van der Waals surface area contributed by atoms with Gasteiger partial charge in [-0.3, -0.25) is 4.79 Å². The first kappa shape index (κ1) is 13.7. The molecule has 94 valence electrons. The van der Waals surface area contributed by atoms with Crippen LogP contribution in [-0.4, -0.2) is 27.0 Å². The zero-order chi connectivity index (χ0) is 12.4. The molecule has 3 nitrogen and oxygen atoms in total. The van der Waals surface area contributed by atoms with Gasteiger partial charge in [-0.1, -0.05) is 20.8 Å². The van der Waals surface area contributed by atoms with Crippen LogP contribution in [0.4, 0.5) is 0 Å². The average molecular weight is 244 g/mol. The van der Waals surface area contributed by atoms with Crippen molar-refractivity contribution in [2.24, 2.45) is 0 Å². The quantitative estimate of drug-likeness (QED) is 0.565. The lowest BCUT2D eigenvalue weighted by Crippen LogP contribution is -2.43. The molecule has 0 aromatic rings. The molecule has 0 bridgehead atoms. The number of rotatable bonds is 3. The summed E-state index contributed by atoms with van der Waals surface area (Å²) >= 11 is 0. The summed E-state index contributed by atoms with van der Waals surface area (Å²) in [5, 5.41) is 0.214. The number of carbonyl (C=O) groups is 1. The molecular weight excluding hydrogens is 220 g/mol. The Labute approximate surface area is 99.6 Å². The second-order valence-corrected chi connectivity index (χ2v) is 10.9. The van der Waals surface area contributed by atoms with Crippen molar-refractivity contribution in [2.75, 3.05) is 6.61 Å². The summed E-state index contributed by atoms with van der Waals surface area (Å²) in [5.74, 6) is -0.0740. The van der Waals surface area contributed by atoms with Crippen LogP contribution < -0.4 is 0 Å². The molecule has 1 heterocycles. The molecule has 1 fully saturated rings. The van der Waals surface area contributed by atoms with Gasteiger partial charge in [-0.25, -0.2) is 0 Å². The summed E-state index contributed by atoms with van der Waals surface area (Å²) in [4.78, 5) is 11.1. The normalized spacial score (nSPS) is 23.1. The van der Waals surface area contributed by atoms with E-state index in [0.29, 0.717) is 13.0 Å². The maximum atomic E-state index is 11.1. The van der Waals surface area contributed by atoms with Crippen molar-refractivity contribution >= 4 is 14.3 Å². The van der Waals surface area contributed by atoms with Crippen molar-refractivity contribution in [2.45, 2.75) is 64.3 Å². The fraction of sp³-hybridized carbons (Fsp3) is 0.917. The molecule has 0 amide bonds. The smallest absolute Gasteiger partial charge is 0.306 e. The standard InChI is InChI=1S/C12H24O3Si/c1-12(2,3)16(4,5)14-9-10-7-6-8-11(13)15-10/h10H,6-9H2,1-5H3/t10-/m1/s1. The Morgan fingerprint density at radius 1 is 1.44 bits per heavy atom. The Kier molecular flexibility index (Phi) is 4.18. The minimum atomic E-state index is -1.70. The van der Waals surface area contributed by atoms with Gasteiger partial charge in [0.2, 0.25) is 0 Å².